The van der Waals surface area contributed by atoms with Gasteiger partial charge in [-0.05, 0) is 43.2 Å². The summed E-state index contributed by atoms with van der Waals surface area (Å²) >= 11 is 0. The van der Waals surface area contributed by atoms with Gasteiger partial charge in [0.2, 0.25) is 5.91 Å². The number of amides is 4. The number of anilines is 1. The van der Waals surface area contributed by atoms with Crippen molar-refractivity contribution >= 4 is 23.5 Å². The first-order valence-corrected chi connectivity index (χ1v) is 11.6. The monoisotopic (exact) mass is 451 g/mol. The Kier molecular flexibility index (Phi) is 8.46. The molecule has 0 bridgehead atoms. The van der Waals surface area contributed by atoms with Crippen molar-refractivity contribution < 1.29 is 19.1 Å². The van der Waals surface area contributed by atoms with Crippen LogP contribution in [0.4, 0.5) is 10.5 Å². The van der Waals surface area contributed by atoms with Gasteiger partial charge in [0.15, 0.2) is 0 Å². The van der Waals surface area contributed by atoms with Crippen LogP contribution in [0.5, 0.6) is 5.75 Å². The highest BCUT2D eigenvalue weighted by molar-refractivity contribution is 6.09. The zero-order valence-corrected chi connectivity index (χ0v) is 19.4. The van der Waals surface area contributed by atoms with E-state index in [2.05, 4.69) is 17.6 Å². The van der Waals surface area contributed by atoms with Gasteiger partial charge >= 0.3 is 6.03 Å². The van der Waals surface area contributed by atoms with E-state index in [1.165, 1.54) is 6.42 Å². The summed E-state index contributed by atoms with van der Waals surface area (Å²) in [5.41, 5.74) is 0.690. The maximum absolute atomic E-state index is 12.8. The van der Waals surface area contributed by atoms with Crippen LogP contribution in [0.15, 0.2) is 54.6 Å². The van der Waals surface area contributed by atoms with Gasteiger partial charge in [0.25, 0.3) is 5.91 Å². The van der Waals surface area contributed by atoms with E-state index in [0.29, 0.717) is 24.5 Å². The lowest BCUT2D eigenvalue weighted by molar-refractivity contribution is -0.133. The van der Waals surface area contributed by atoms with Crippen LogP contribution in [-0.2, 0) is 16.2 Å². The standard InChI is InChI=1S/C26H33N3O4/c1-3-4-5-6-10-17-26(2)24(31)29(25(32)28-26)18-23(30)27-21-13-15-22(16-14-21)33-19-20-11-8-7-9-12-20/h7-9,11-16H,3-6,10,17-19H2,1-2H3,(H,27,30)(H,28,32). The molecule has 0 aliphatic carbocycles. The van der Waals surface area contributed by atoms with Crippen LogP contribution in [0.25, 0.3) is 0 Å². The minimum Gasteiger partial charge on any atom is -0.489 e. The Morgan fingerprint density at radius 3 is 2.39 bits per heavy atom. The number of ether oxygens (including phenoxy) is 1. The van der Waals surface area contributed by atoms with Gasteiger partial charge in [-0.1, -0.05) is 69.4 Å². The molecule has 1 saturated heterocycles. The van der Waals surface area contributed by atoms with Crippen LogP contribution in [0.2, 0.25) is 0 Å². The maximum Gasteiger partial charge on any atom is 0.325 e. The quantitative estimate of drug-likeness (QED) is 0.356. The third-order valence-electron chi connectivity index (χ3n) is 5.81. The molecular formula is C26H33N3O4. The Balaban J connectivity index is 1.47. The summed E-state index contributed by atoms with van der Waals surface area (Å²) in [6, 6.07) is 16.3. The number of carbonyl (C=O) groups is 3. The van der Waals surface area contributed by atoms with Crippen molar-refractivity contribution in [3.05, 3.63) is 60.2 Å². The van der Waals surface area contributed by atoms with E-state index in [-0.39, 0.29) is 12.5 Å². The van der Waals surface area contributed by atoms with E-state index in [9.17, 15) is 14.4 Å². The SMILES string of the molecule is CCCCCCCC1(C)NC(=O)N(CC(=O)Nc2ccc(OCc3ccccc3)cc2)C1=O. The molecule has 2 aromatic rings. The van der Waals surface area contributed by atoms with Gasteiger partial charge in [-0.2, -0.15) is 0 Å². The first-order chi connectivity index (χ1) is 15.9. The number of imide groups is 1. The average Bonchev–Trinajstić information content (AvgIpc) is 3.02. The number of rotatable bonds is 12. The first kappa shape index (κ1) is 24.3. The lowest BCUT2D eigenvalue weighted by atomic mass is 9.94. The molecule has 33 heavy (non-hydrogen) atoms. The van der Waals surface area contributed by atoms with E-state index in [1.807, 2.05) is 30.3 Å². The molecule has 0 radical (unpaired) electrons. The molecule has 4 amide bonds. The molecule has 0 saturated carbocycles. The van der Waals surface area contributed by atoms with Crippen LogP contribution >= 0.6 is 0 Å². The van der Waals surface area contributed by atoms with Gasteiger partial charge in [-0.3, -0.25) is 14.5 Å². The van der Waals surface area contributed by atoms with E-state index < -0.39 is 17.5 Å². The summed E-state index contributed by atoms with van der Waals surface area (Å²) in [6.07, 6.45) is 5.91. The molecule has 0 spiro atoms. The van der Waals surface area contributed by atoms with Crippen LogP contribution in [0.1, 0.15) is 57.9 Å². The van der Waals surface area contributed by atoms with Crippen molar-refractivity contribution in [3.63, 3.8) is 0 Å². The molecule has 0 aromatic heterocycles. The Labute approximate surface area is 195 Å². The number of nitrogens with one attached hydrogen (secondary N) is 2. The normalized spacial score (nSPS) is 17.7. The average molecular weight is 452 g/mol. The zero-order valence-electron chi connectivity index (χ0n) is 19.4. The molecule has 1 atom stereocenters. The Morgan fingerprint density at radius 2 is 1.70 bits per heavy atom. The molecule has 1 aliphatic heterocycles. The third-order valence-corrected chi connectivity index (χ3v) is 5.81. The number of hydrogen-bond acceptors (Lipinski definition) is 4. The van der Waals surface area contributed by atoms with Crippen molar-refractivity contribution in [2.24, 2.45) is 0 Å². The Morgan fingerprint density at radius 1 is 1.00 bits per heavy atom. The van der Waals surface area contributed by atoms with Gasteiger partial charge in [0, 0.05) is 5.69 Å². The predicted octanol–water partition coefficient (Wildman–Crippen LogP) is 4.88. The zero-order chi connectivity index (χ0) is 23.7. The van der Waals surface area contributed by atoms with Gasteiger partial charge in [0.1, 0.15) is 24.4 Å². The van der Waals surface area contributed by atoms with E-state index in [4.69, 9.17) is 4.74 Å². The van der Waals surface area contributed by atoms with Crippen LogP contribution in [0.3, 0.4) is 0 Å². The summed E-state index contributed by atoms with van der Waals surface area (Å²) in [5, 5.41) is 5.50. The van der Waals surface area contributed by atoms with E-state index in [0.717, 1.165) is 36.1 Å². The largest absolute Gasteiger partial charge is 0.489 e. The highest BCUT2D eigenvalue weighted by atomic mass is 16.5. The summed E-state index contributed by atoms with van der Waals surface area (Å²) < 4.78 is 5.75. The molecule has 2 N–H and O–H groups in total. The molecule has 1 fully saturated rings. The number of nitrogens with zero attached hydrogens (tertiary/aromatic N) is 1. The fourth-order valence-electron chi connectivity index (χ4n) is 3.86. The summed E-state index contributed by atoms with van der Waals surface area (Å²) in [5.74, 6) is -0.0906. The van der Waals surface area contributed by atoms with Crippen LogP contribution in [0, 0.1) is 0 Å². The minimum absolute atomic E-state index is 0.317. The van der Waals surface area contributed by atoms with Gasteiger partial charge < -0.3 is 15.4 Å². The van der Waals surface area contributed by atoms with Crippen molar-refractivity contribution in [3.8, 4) is 5.75 Å². The Bertz CT molecular complexity index is 946. The molecule has 1 aliphatic rings. The van der Waals surface area contributed by atoms with Gasteiger partial charge in [-0.25, -0.2) is 4.79 Å². The molecule has 176 valence electrons. The maximum atomic E-state index is 12.8. The van der Waals surface area contributed by atoms with E-state index in [1.54, 1.807) is 31.2 Å². The van der Waals surface area contributed by atoms with Gasteiger partial charge in [0.05, 0.1) is 0 Å². The number of carbonyl (C=O) groups excluding carboxylic acids is 3. The molecule has 1 unspecified atom stereocenters. The van der Waals surface area contributed by atoms with Crippen LogP contribution < -0.4 is 15.4 Å². The number of benzene rings is 2. The smallest absolute Gasteiger partial charge is 0.325 e. The first-order valence-electron chi connectivity index (χ1n) is 11.6. The minimum atomic E-state index is -0.943. The van der Waals surface area contributed by atoms with Crippen LogP contribution in [-0.4, -0.2) is 34.8 Å². The lowest BCUT2D eigenvalue weighted by Crippen LogP contribution is -2.44. The third kappa shape index (κ3) is 6.81. The molecule has 2 aromatic carbocycles. The second-order valence-corrected chi connectivity index (χ2v) is 8.66. The highest BCUT2D eigenvalue weighted by Crippen LogP contribution is 2.24. The van der Waals surface area contributed by atoms with Crippen molar-refractivity contribution in [1.82, 2.24) is 10.2 Å². The summed E-state index contributed by atoms with van der Waals surface area (Å²) in [7, 11) is 0. The molecular weight excluding hydrogens is 418 g/mol. The Hall–Kier alpha value is -3.35. The van der Waals surface area contributed by atoms with E-state index >= 15 is 0 Å². The van der Waals surface area contributed by atoms with Crippen molar-refractivity contribution in [2.75, 3.05) is 11.9 Å². The fraction of sp³-hybridized carbons (Fsp3) is 0.423. The van der Waals surface area contributed by atoms with Gasteiger partial charge in [-0.15, -0.1) is 0 Å². The summed E-state index contributed by atoms with van der Waals surface area (Å²) in [6.45, 7) is 4.02. The number of unbranched alkanes of at least 4 members (excludes halogenated alkanes) is 4. The van der Waals surface area contributed by atoms with Crippen molar-refractivity contribution in [2.45, 2.75) is 64.5 Å². The second kappa shape index (κ2) is 11.5. The second-order valence-electron chi connectivity index (χ2n) is 8.66. The lowest BCUT2D eigenvalue weighted by Gasteiger charge is -2.21. The number of hydrogen-bond donors (Lipinski definition) is 2. The topological polar surface area (TPSA) is 87.7 Å². The fourth-order valence-corrected chi connectivity index (χ4v) is 3.86. The van der Waals surface area contributed by atoms with Crippen molar-refractivity contribution in [1.29, 1.82) is 0 Å². The highest BCUT2D eigenvalue weighted by Gasteiger charge is 2.47. The molecule has 7 heteroatoms. The predicted molar refractivity (Wildman–Crippen MR) is 128 cm³/mol. The molecule has 3 rings (SSSR count). The molecule has 7 nitrogen and oxygen atoms in total. The molecule has 1 heterocycles. The summed E-state index contributed by atoms with van der Waals surface area (Å²) in [4.78, 5) is 38.7. The number of urea groups is 1.